The van der Waals surface area contributed by atoms with Crippen LogP contribution < -0.4 is 4.74 Å². The molecule has 0 aliphatic rings. The zero-order chi connectivity index (χ0) is 13.8. The summed E-state index contributed by atoms with van der Waals surface area (Å²) in [5.41, 5.74) is 1.46. The highest BCUT2D eigenvalue weighted by Gasteiger charge is 2.15. The van der Waals surface area contributed by atoms with E-state index in [9.17, 15) is 5.11 Å². The first-order valence-corrected chi connectivity index (χ1v) is 7.15. The average Bonchev–Trinajstić information content (AvgIpc) is 2.42. The van der Waals surface area contributed by atoms with Gasteiger partial charge in [-0.1, -0.05) is 35.9 Å². The van der Waals surface area contributed by atoms with Gasteiger partial charge in [-0.25, -0.2) is 0 Å². The van der Waals surface area contributed by atoms with E-state index in [-0.39, 0.29) is 0 Å². The van der Waals surface area contributed by atoms with Crippen LogP contribution >= 0.6 is 27.5 Å². The SMILES string of the molecule is CCOc1ccc(C(O)c2cccc(Br)c2Cl)cc1. The van der Waals surface area contributed by atoms with E-state index in [1.165, 1.54) is 0 Å². The number of aliphatic hydroxyl groups excluding tert-OH is 1. The third kappa shape index (κ3) is 3.30. The van der Waals surface area contributed by atoms with Crippen molar-refractivity contribution in [1.29, 1.82) is 0 Å². The molecule has 19 heavy (non-hydrogen) atoms. The Morgan fingerprint density at radius 3 is 2.53 bits per heavy atom. The van der Waals surface area contributed by atoms with Crippen LogP contribution in [0.4, 0.5) is 0 Å². The van der Waals surface area contributed by atoms with Crippen molar-refractivity contribution in [1.82, 2.24) is 0 Å². The van der Waals surface area contributed by atoms with Gasteiger partial charge in [-0.05, 0) is 46.6 Å². The van der Waals surface area contributed by atoms with Gasteiger partial charge in [-0.3, -0.25) is 0 Å². The fraction of sp³-hybridized carbons (Fsp3) is 0.200. The molecule has 1 N–H and O–H groups in total. The molecule has 0 radical (unpaired) electrons. The molecular weight excluding hydrogens is 328 g/mol. The molecule has 100 valence electrons. The summed E-state index contributed by atoms with van der Waals surface area (Å²) in [5, 5.41) is 10.9. The minimum atomic E-state index is -0.749. The van der Waals surface area contributed by atoms with E-state index >= 15 is 0 Å². The van der Waals surface area contributed by atoms with Gasteiger partial charge < -0.3 is 9.84 Å². The molecule has 2 aromatic rings. The molecule has 0 heterocycles. The Morgan fingerprint density at radius 1 is 1.21 bits per heavy atom. The summed E-state index contributed by atoms with van der Waals surface area (Å²) in [6.07, 6.45) is -0.749. The van der Waals surface area contributed by atoms with Crippen LogP contribution in [0, 0.1) is 0 Å². The topological polar surface area (TPSA) is 29.5 Å². The molecule has 1 atom stereocenters. The number of hydrogen-bond acceptors (Lipinski definition) is 2. The van der Waals surface area contributed by atoms with Gasteiger partial charge in [0, 0.05) is 10.0 Å². The molecule has 0 spiro atoms. The maximum absolute atomic E-state index is 10.4. The first-order chi connectivity index (χ1) is 9.13. The second kappa shape index (κ2) is 6.42. The summed E-state index contributed by atoms with van der Waals surface area (Å²) in [6, 6.07) is 12.9. The Balaban J connectivity index is 2.28. The van der Waals surface area contributed by atoms with Crippen LogP contribution in [0.25, 0.3) is 0 Å². The minimum Gasteiger partial charge on any atom is -0.494 e. The number of benzene rings is 2. The molecule has 0 saturated heterocycles. The average molecular weight is 342 g/mol. The van der Waals surface area contributed by atoms with Crippen LogP contribution in [0.2, 0.25) is 5.02 Å². The van der Waals surface area contributed by atoms with E-state index in [0.717, 1.165) is 15.8 Å². The first kappa shape index (κ1) is 14.4. The lowest BCUT2D eigenvalue weighted by Crippen LogP contribution is -2.01. The number of hydrogen-bond donors (Lipinski definition) is 1. The van der Waals surface area contributed by atoms with Crippen LogP contribution in [0.1, 0.15) is 24.2 Å². The fourth-order valence-electron chi connectivity index (χ4n) is 1.82. The van der Waals surface area contributed by atoms with Crippen LogP contribution in [-0.2, 0) is 0 Å². The monoisotopic (exact) mass is 340 g/mol. The predicted octanol–water partition coefficient (Wildman–Crippen LogP) is 4.58. The van der Waals surface area contributed by atoms with Crippen LogP contribution in [0.3, 0.4) is 0 Å². The molecule has 1 unspecified atom stereocenters. The molecule has 0 bridgehead atoms. The van der Waals surface area contributed by atoms with Crippen molar-refractivity contribution in [2.24, 2.45) is 0 Å². The standard InChI is InChI=1S/C15H14BrClO2/c1-2-19-11-8-6-10(7-9-11)15(18)12-4-3-5-13(16)14(12)17/h3-9,15,18H,2H2,1H3. The minimum absolute atomic E-state index is 0.531. The molecule has 4 heteroatoms. The van der Waals surface area contributed by atoms with Crippen molar-refractivity contribution in [2.45, 2.75) is 13.0 Å². The number of rotatable bonds is 4. The van der Waals surface area contributed by atoms with Crippen molar-refractivity contribution in [3.63, 3.8) is 0 Å². The molecule has 0 fully saturated rings. The molecule has 0 amide bonds. The number of halogens is 2. The number of ether oxygens (including phenoxy) is 1. The van der Waals surface area contributed by atoms with Crippen molar-refractivity contribution in [3.8, 4) is 5.75 Å². The number of aliphatic hydroxyl groups is 1. The largest absolute Gasteiger partial charge is 0.494 e. The van der Waals surface area contributed by atoms with Gasteiger partial charge in [0.05, 0.1) is 11.6 Å². The van der Waals surface area contributed by atoms with Gasteiger partial charge in [-0.2, -0.15) is 0 Å². The molecule has 2 rings (SSSR count). The molecule has 0 aromatic heterocycles. The Kier molecular flexibility index (Phi) is 4.86. The van der Waals surface area contributed by atoms with Gasteiger partial charge in [0.2, 0.25) is 0 Å². The van der Waals surface area contributed by atoms with Gasteiger partial charge in [0.1, 0.15) is 11.9 Å². The Hall–Kier alpha value is -1.03. The smallest absolute Gasteiger partial charge is 0.119 e. The molecule has 2 nitrogen and oxygen atoms in total. The fourth-order valence-corrected chi connectivity index (χ4v) is 2.44. The van der Waals surface area contributed by atoms with Gasteiger partial charge in [-0.15, -0.1) is 0 Å². The zero-order valence-electron chi connectivity index (χ0n) is 10.4. The predicted molar refractivity (Wildman–Crippen MR) is 80.8 cm³/mol. The highest BCUT2D eigenvalue weighted by molar-refractivity contribution is 9.10. The summed E-state index contributed by atoms with van der Waals surface area (Å²) in [7, 11) is 0. The maximum Gasteiger partial charge on any atom is 0.119 e. The van der Waals surface area contributed by atoms with Gasteiger partial charge in [0.15, 0.2) is 0 Å². The van der Waals surface area contributed by atoms with Gasteiger partial charge in [0.25, 0.3) is 0 Å². The van der Waals surface area contributed by atoms with Crippen LogP contribution in [0.15, 0.2) is 46.9 Å². The summed E-state index contributed by atoms with van der Waals surface area (Å²) >= 11 is 9.54. The Labute approximate surface area is 126 Å². The second-order valence-electron chi connectivity index (χ2n) is 4.05. The van der Waals surface area contributed by atoms with E-state index in [0.29, 0.717) is 17.2 Å². The lowest BCUT2D eigenvalue weighted by molar-refractivity contribution is 0.220. The molecule has 0 saturated carbocycles. The van der Waals surface area contributed by atoms with Crippen molar-refractivity contribution >= 4 is 27.5 Å². The Bertz CT molecular complexity index is 555. The van der Waals surface area contributed by atoms with Crippen LogP contribution in [0.5, 0.6) is 5.75 Å². The Morgan fingerprint density at radius 2 is 1.89 bits per heavy atom. The maximum atomic E-state index is 10.4. The summed E-state index contributed by atoms with van der Waals surface area (Å²) in [6.45, 7) is 2.56. The lowest BCUT2D eigenvalue weighted by Gasteiger charge is -2.14. The molecule has 0 aliphatic heterocycles. The van der Waals surface area contributed by atoms with E-state index in [4.69, 9.17) is 16.3 Å². The van der Waals surface area contributed by atoms with E-state index in [1.54, 1.807) is 0 Å². The summed E-state index contributed by atoms with van der Waals surface area (Å²) in [4.78, 5) is 0. The molecule has 0 aliphatic carbocycles. The third-order valence-electron chi connectivity index (χ3n) is 2.78. The van der Waals surface area contributed by atoms with Crippen molar-refractivity contribution in [2.75, 3.05) is 6.61 Å². The molecular formula is C15H14BrClO2. The third-order valence-corrected chi connectivity index (χ3v) is 4.09. The highest BCUT2D eigenvalue weighted by Crippen LogP contribution is 2.33. The van der Waals surface area contributed by atoms with Gasteiger partial charge >= 0.3 is 0 Å². The molecule has 2 aromatic carbocycles. The summed E-state index contributed by atoms with van der Waals surface area (Å²) < 4.78 is 6.15. The lowest BCUT2D eigenvalue weighted by atomic mass is 10.0. The van der Waals surface area contributed by atoms with E-state index in [2.05, 4.69) is 15.9 Å². The quantitative estimate of drug-likeness (QED) is 0.882. The van der Waals surface area contributed by atoms with Crippen molar-refractivity contribution in [3.05, 3.63) is 63.1 Å². The van der Waals surface area contributed by atoms with Crippen LogP contribution in [-0.4, -0.2) is 11.7 Å². The van der Waals surface area contributed by atoms with E-state index in [1.807, 2.05) is 49.4 Å². The first-order valence-electron chi connectivity index (χ1n) is 5.98. The normalized spacial score (nSPS) is 12.2. The second-order valence-corrected chi connectivity index (χ2v) is 5.28. The van der Waals surface area contributed by atoms with Crippen molar-refractivity contribution < 1.29 is 9.84 Å². The highest BCUT2D eigenvalue weighted by atomic mass is 79.9. The van der Waals surface area contributed by atoms with E-state index < -0.39 is 6.10 Å². The summed E-state index contributed by atoms with van der Waals surface area (Å²) in [5.74, 6) is 0.791. The zero-order valence-corrected chi connectivity index (χ0v) is 12.8.